The molecule has 1 aromatic rings. The lowest BCUT2D eigenvalue weighted by Gasteiger charge is -2.04. The minimum Gasteiger partial charge on any atom is -0.466 e. The van der Waals surface area contributed by atoms with Crippen LogP contribution in [0, 0.1) is 0 Å². The van der Waals surface area contributed by atoms with E-state index in [4.69, 9.17) is 9.47 Å². The van der Waals surface area contributed by atoms with Crippen molar-refractivity contribution in [1.82, 2.24) is 0 Å². The van der Waals surface area contributed by atoms with E-state index in [2.05, 4.69) is 0 Å². The van der Waals surface area contributed by atoms with Crippen LogP contribution in [0.5, 0.6) is 0 Å². The zero-order chi connectivity index (χ0) is 13.2. The Morgan fingerprint density at radius 3 is 2.33 bits per heavy atom. The molecule has 0 fully saturated rings. The van der Waals surface area contributed by atoms with Crippen molar-refractivity contribution in [2.75, 3.05) is 13.2 Å². The Labute approximate surface area is 107 Å². The molecular weight excluding hydrogens is 232 g/mol. The summed E-state index contributed by atoms with van der Waals surface area (Å²) in [5.74, 6) is -0.628. The number of carbonyl (C=O) groups excluding carboxylic acids is 2. The van der Waals surface area contributed by atoms with E-state index >= 15 is 0 Å². The third kappa shape index (κ3) is 6.03. The summed E-state index contributed by atoms with van der Waals surface area (Å²) >= 11 is 0. The third-order valence-corrected chi connectivity index (χ3v) is 2.34. The lowest BCUT2D eigenvalue weighted by molar-refractivity contribution is -0.149. The standard InChI is InChI=1S/C14H18O4/c1-2-17-14(16)10-11-18-13(15)9-8-12-6-4-3-5-7-12/h3-7H,2,8-11H2,1H3. The van der Waals surface area contributed by atoms with Crippen molar-refractivity contribution in [3.8, 4) is 0 Å². The molecule has 0 radical (unpaired) electrons. The molecule has 0 N–H and O–H groups in total. The topological polar surface area (TPSA) is 52.6 Å². The maximum absolute atomic E-state index is 11.4. The fourth-order valence-corrected chi connectivity index (χ4v) is 1.44. The highest BCUT2D eigenvalue weighted by Gasteiger charge is 2.06. The van der Waals surface area contributed by atoms with Gasteiger partial charge >= 0.3 is 11.9 Å². The molecule has 0 aliphatic carbocycles. The van der Waals surface area contributed by atoms with Gasteiger partial charge in [0, 0.05) is 6.42 Å². The second kappa shape index (κ2) is 8.28. The average Bonchev–Trinajstić information content (AvgIpc) is 2.38. The van der Waals surface area contributed by atoms with Gasteiger partial charge in [0.15, 0.2) is 0 Å². The van der Waals surface area contributed by atoms with Gasteiger partial charge in [0.1, 0.15) is 6.61 Å². The minimum absolute atomic E-state index is 0.0897. The number of carbonyl (C=O) groups is 2. The molecule has 0 unspecified atom stereocenters. The molecule has 0 aliphatic heterocycles. The van der Waals surface area contributed by atoms with Gasteiger partial charge in [-0.15, -0.1) is 0 Å². The molecule has 4 nitrogen and oxygen atoms in total. The Balaban J connectivity index is 2.13. The van der Waals surface area contributed by atoms with Crippen LogP contribution in [0.15, 0.2) is 30.3 Å². The number of ether oxygens (including phenoxy) is 2. The molecule has 0 saturated carbocycles. The summed E-state index contributed by atoms with van der Waals surface area (Å²) < 4.78 is 9.66. The molecule has 0 heterocycles. The van der Waals surface area contributed by atoms with E-state index in [1.54, 1.807) is 6.92 Å². The normalized spacial score (nSPS) is 9.83. The molecule has 4 heteroatoms. The van der Waals surface area contributed by atoms with Crippen LogP contribution in [0.3, 0.4) is 0 Å². The van der Waals surface area contributed by atoms with Gasteiger partial charge in [-0.25, -0.2) is 0 Å². The first-order chi connectivity index (χ1) is 8.72. The van der Waals surface area contributed by atoms with E-state index in [1.165, 1.54) is 0 Å². The highest BCUT2D eigenvalue weighted by Crippen LogP contribution is 2.03. The van der Waals surface area contributed by atoms with Crippen molar-refractivity contribution >= 4 is 11.9 Å². The maximum atomic E-state index is 11.4. The molecule has 0 spiro atoms. The van der Waals surface area contributed by atoms with Gasteiger partial charge in [0.25, 0.3) is 0 Å². The fraction of sp³-hybridized carbons (Fsp3) is 0.429. The van der Waals surface area contributed by atoms with Crippen molar-refractivity contribution < 1.29 is 19.1 Å². The van der Waals surface area contributed by atoms with Crippen LogP contribution in [0.25, 0.3) is 0 Å². The smallest absolute Gasteiger partial charge is 0.309 e. The first-order valence-electron chi connectivity index (χ1n) is 6.07. The van der Waals surface area contributed by atoms with Gasteiger partial charge in [-0.05, 0) is 18.9 Å². The first kappa shape index (κ1) is 14.2. The number of aryl methyl sites for hydroxylation is 1. The van der Waals surface area contributed by atoms with Crippen LogP contribution in [0.1, 0.15) is 25.3 Å². The van der Waals surface area contributed by atoms with Crippen molar-refractivity contribution in [3.63, 3.8) is 0 Å². The Hall–Kier alpha value is -1.84. The lowest BCUT2D eigenvalue weighted by atomic mass is 10.1. The summed E-state index contributed by atoms with van der Waals surface area (Å²) in [5, 5.41) is 0. The number of benzene rings is 1. The number of esters is 2. The maximum Gasteiger partial charge on any atom is 0.309 e. The van der Waals surface area contributed by atoms with Crippen LogP contribution in [0.2, 0.25) is 0 Å². The van der Waals surface area contributed by atoms with Crippen molar-refractivity contribution in [3.05, 3.63) is 35.9 Å². The fourth-order valence-electron chi connectivity index (χ4n) is 1.44. The summed E-state index contributed by atoms with van der Waals surface area (Å²) in [6.45, 7) is 2.18. The summed E-state index contributed by atoms with van der Waals surface area (Å²) in [6.07, 6.45) is 1.09. The molecule has 0 saturated heterocycles. The van der Waals surface area contributed by atoms with E-state index in [0.29, 0.717) is 19.4 Å². The van der Waals surface area contributed by atoms with Crippen LogP contribution < -0.4 is 0 Å². The lowest BCUT2D eigenvalue weighted by Crippen LogP contribution is -2.12. The van der Waals surface area contributed by atoms with Crippen LogP contribution in [0.4, 0.5) is 0 Å². The van der Waals surface area contributed by atoms with E-state index in [1.807, 2.05) is 30.3 Å². The number of hydrogen-bond donors (Lipinski definition) is 0. The highest BCUT2D eigenvalue weighted by atomic mass is 16.5. The van der Waals surface area contributed by atoms with Crippen molar-refractivity contribution in [1.29, 1.82) is 0 Å². The monoisotopic (exact) mass is 250 g/mol. The van der Waals surface area contributed by atoms with Crippen LogP contribution in [-0.4, -0.2) is 25.2 Å². The summed E-state index contributed by atoms with van der Waals surface area (Å²) in [5.41, 5.74) is 1.10. The van der Waals surface area contributed by atoms with Crippen molar-refractivity contribution in [2.45, 2.75) is 26.2 Å². The second-order valence-electron chi connectivity index (χ2n) is 3.76. The van der Waals surface area contributed by atoms with E-state index in [-0.39, 0.29) is 25.0 Å². The van der Waals surface area contributed by atoms with Crippen molar-refractivity contribution in [2.24, 2.45) is 0 Å². The Bertz CT molecular complexity index is 373. The molecule has 0 bridgehead atoms. The molecular formula is C14H18O4. The predicted molar refractivity (Wildman–Crippen MR) is 67.0 cm³/mol. The number of rotatable bonds is 7. The largest absolute Gasteiger partial charge is 0.466 e. The minimum atomic E-state index is -0.339. The zero-order valence-electron chi connectivity index (χ0n) is 10.6. The first-order valence-corrected chi connectivity index (χ1v) is 6.07. The Morgan fingerprint density at radius 2 is 1.67 bits per heavy atom. The average molecular weight is 250 g/mol. The molecule has 0 amide bonds. The molecule has 18 heavy (non-hydrogen) atoms. The molecule has 0 aromatic heterocycles. The third-order valence-electron chi connectivity index (χ3n) is 2.34. The summed E-state index contributed by atoms with van der Waals surface area (Å²) in [4.78, 5) is 22.4. The zero-order valence-corrected chi connectivity index (χ0v) is 10.6. The summed E-state index contributed by atoms with van der Waals surface area (Å²) in [7, 11) is 0. The van der Waals surface area contributed by atoms with E-state index in [9.17, 15) is 9.59 Å². The molecule has 98 valence electrons. The molecule has 0 atom stereocenters. The molecule has 1 aromatic carbocycles. The second-order valence-corrected chi connectivity index (χ2v) is 3.76. The van der Waals surface area contributed by atoms with Gasteiger partial charge in [-0.2, -0.15) is 0 Å². The Morgan fingerprint density at radius 1 is 1.00 bits per heavy atom. The van der Waals surface area contributed by atoms with Gasteiger partial charge in [0.2, 0.25) is 0 Å². The predicted octanol–water partition coefficient (Wildman–Crippen LogP) is 2.12. The number of hydrogen-bond acceptors (Lipinski definition) is 4. The summed E-state index contributed by atoms with van der Waals surface area (Å²) in [6, 6.07) is 9.72. The van der Waals surface area contributed by atoms with Gasteiger partial charge in [-0.3, -0.25) is 9.59 Å². The van der Waals surface area contributed by atoms with Crippen LogP contribution >= 0.6 is 0 Å². The van der Waals surface area contributed by atoms with Crippen LogP contribution in [-0.2, 0) is 25.5 Å². The highest BCUT2D eigenvalue weighted by molar-refractivity contribution is 5.72. The SMILES string of the molecule is CCOC(=O)CCOC(=O)CCc1ccccc1. The Kier molecular flexibility index (Phi) is 6.54. The molecule has 1 rings (SSSR count). The van der Waals surface area contributed by atoms with Gasteiger partial charge in [-0.1, -0.05) is 30.3 Å². The van der Waals surface area contributed by atoms with E-state index in [0.717, 1.165) is 5.56 Å². The van der Waals surface area contributed by atoms with E-state index < -0.39 is 0 Å². The van der Waals surface area contributed by atoms with Gasteiger partial charge < -0.3 is 9.47 Å². The van der Waals surface area contributed by atoms with Gasteiger partial charge in [0.05, 0.1) is 13.0 Å². The quantitative estimate of drug-likeness (QED) is 0.695. The molecule has 0 aliphatic rings.